The molecule has 0 saturated carbocycles. The van der Waals surface area contributed by atoms with Gasteiger partial charge in [-0.2, -0.15) is 4.98 Å². The summed E-state index contributed by atoms with van der Waals surface area (Å²) < 4.78 is 0. The maximum Gasteiger partial charge on any atom is 0.223 e. The molecule has 0 atom stereocenters. The van der Waals surface area contributed by atoms with Gasteiger partial charge in [0.25, 0.3) is 0 Å². The lowest BCUT2D eigenvalue weighted by atomic mass is 10.2. The van der Waals surface area contributed by atoms with Gasteiger partial charge in [-0.3, -0.25) is 0 Å². The van der Waals surface area contributed by atoms with Crippen LogP contribution in [-0.2, 0) is 0 Å². The van der Waals surface area contributed by atoms with E-state index >= 15 is 0 Å². The van der Waals surface area contributed by atoms with Crippen LogP contribution >= 0.6 is 11.3 Å². The molecule has 0 saturated heterocycles. The molecule has 5 heteroatoms. The van der Waals surface area contributed by atoms with Crippen molar-refractivity contribution >= 4 is 39.0 Å². The number of hydrogen-bond acceptors (Lipinski definition) is 5. The van der Waals surface area contributed by atoms with Crippen molar-refractivity contribution in [2.75, 3.05) is 17.2 Å². The summed E-state index contributed by atoms with van der Waals surface area (Å²) in [5.41, 5.74) is 6.97. The third-order valence-electron chi connectivity index (χ3n) is 3.15. The summed E-state index contributed by atoms with van der Waals surface area (Å²) >= 11 is 1.65. The van der Waals surface area contributed by atoms with Crippen LogP contribution in [0, 0.1) is 6.92 Å². The first kappa shape index (κ1) is 12.9. The fourth-order valence-corrected chi connectivity index (χ4v) is 3.19. The molecule has 3 aromatic rings. The van der Waals surface area contributed by atoms with E-state index in [0.717, 1.165) is 28.3 Å². The van der Waals surface area contributed by atoms with Crippen molar-refractivity contribution in [1.29, 1.82) is 0 Å². The van der Waals surface area contributed by atoms with E-state index in [4.69, 9.17) is 5.73 Å². The number of aryl methyl sites for hydroxylation is 1. The van der Waals surface area contributed by atoms with E-state index in [1.807, 2.05) is 18.2 Å². The Bertz CT molecular complexity index is 736. The Morgan fingerprint density at radius 3 is 2.65 bits per heavy atom. The molecule has 102 valence electrons. The second-order valence-corrected chi connectivity index (χ2v) is 5.80. The van der Waals surface area contributed by atoms with E-state index in [2.05, 4.69) is 46.9 Å². The molecule has 0 radical (unpaired) electrons. The smallest absolute Gasteiger partial charge is 0.223 e. The molecule has 2 aromatic heterocycles. The van der Waals surface area contributed by atoms with Gasteiger partial charge in [0.05, 0.1) is 5.39 Å². The van der Waals surface area contributed by atoms with E-state index in [1.165, 1.54) is 4.88 Å². The van der Waals surface area contributed by atoms with Crippen molar-refractivity contribution < 1.29 is 0 Å². The quantitative estimate of drug-likeness (QED) is 0.796. The van der Waals surface area contributed by atoms with Gasteiger partial charge in [0, 0.05) is 17.1 Å². The highest BCUT2D eigenvalue weighted by molar-refractivity contribution is 7.18. The van der Waals surface area contributed by atoms with Crippen LogP contribution in [0.2, 0.25) is 0 Å². The first-order valence-corrected chi connectivity index (χ1v) is 7.37. The Hall–Kier alpha value is -2.14. The van der Waals surface area contributed by atoms with Gasteiger partial charge in [-0.25, -0.2) is 4.98 Å². The highest BCUT2D eigenvalue weighted by Crippen LogP contribution is 2.34. The minimum Gasteiger partial charge on any atom is -0.368 e. The summed E-state index contributed by atoms with van der Waals surface area (Å²) in [6.07, 6.45) is 0. The molecule has 1 aromatic carbocycles. The number of thiophene rings is 1. The molecule has 0 aliphatic rings. The van der Waals surface area contributed by atoms with Crippen molar-refractivity contribution in [3.05, 3.63) is 41.3 Å². The van der Waals surface area contributed by atoms with Crippen LogP contribution in [0.4, 0.5) is 17.5 Å². The van der Waals surface area contributed by atoms with Crippen LogP contribution in [0.25, 0.3) is 10.2 Å². The summed E-state index contributed by atoms with van der Waals surface area (Å²) in [5, 5.41) is 1.06. The van der Waals surface area contributed by atoms with Gasteiger partial charge >= 0.3 is 0 Å². The fourth-order valence-electron chi connectivity index (χ4n) is 2.31. The number of anilines is 3. The SMILES string of the molecule is CCN(c1ccccc1)c1nc(N)nc2sc(C)cc12. The van der Waals surface area contributed by atoms with Crippen molar-refractivity contribution in [2.24, 2.45) is 0 Å². The molecule has 2 heterocycles. The molecule has 4 nitrogen and oxygen atoms in total. The summed E-state index contributed by atoms with van der Waals surface area (Å²) in [6.45, 7) is 5.01. The number of hydrogen-bond donors (Lipinski definition) is 1. The first-order chi connectivity index (χ1) is 9.69. The number of rotatable bonds is 3. The van der Waals surface area contributed by atoms with E-state index in [1.54, 1.807) is 11.3 Å². The third kappa shape index (κ3) is 2.20. The Labute approximate surface area is 121 Å². The standard InChI is InChI=1S/C15H16N4S/c1-3-19(11-7-5-4-6-8-11)13-12-9-10(2)20-14(12)18-15(16)17-13/h4-9H,3H2,1-2H3,(H2,16,17,18). The summed E-state index contributed by atoms with van der Waals surface area (Å²) in [4.78, 5) is 13.1. The van der Waals surface area contributed by atoms with Gasteiger partial charge in [-0.1, -0.05) is 18.2 Å². The lowest BCUT2D eigenvalue weighted by molar-refractivity contribution is 0.994. The summed E-state index contributed by atoms with van der Waals surface area (Å²) in [6, 6.07) is 12.3. The normalized spacial score (nSPS) is 10.9. The molecule has 3 rings (SSSR count). The highest BCUT2D eigenvalue weighted by atomic mass is 32.1. The van der Waals surface area contributed by atoms with Gasteiger partial charge in [0.1, 0.15) is 10.6 Å². The minimum absolute atomic E-state index is 0.323. The molecule has 0 bridgehead atoms. The van der Waals surface area contributed by atoms with Crippen LogP contribution in [0.15, 0.2) is 36.4 Å². The Morgan fingerprint density at radius 2 is 1.95 bits per heavy atom. The molecule has 2 N–H and O–H groups in total. The van der Waals surface area contributed by atoms with E-state index in [-0.39, 0.29) is 0 Å². The van der Waals surface area contributed by atoms with E-state index in [9.17, 15) is 0 Å². The Morgan fingerprint density at radius 1 is 1.20 bits per heavy atom. The van der Waals surface area contributed by atoms with Gasteiger partial charge in [-0.15, -0.1) is 11.3 Å². The number of nitrogens with two attached hydrogens (primary N) is 1. The van der Waals surface area contributed by atoms with Gasteiger partial charge in [-0.05, 0) is 32.0 Å². The molecular weight excluding hydrogens is 268 g/mol. The number of fused-ring (bicyclic) bond motifs is 1. The molecular formula is C15H16N4S. The second-order valence-electron chi connectivity index (χ2n) is 4.56. The molecule has 0 spiro atoms. The molecule has 0 amide bonds. The van der Waals surface area contributed by atoms with Gasteiger partial charge in [0.15, 0.2) is 0 Å². The largest absolute Gasteiger partial charge is 0.368 e. The van der Waals surface area contributed by atoms with Crippen LogP contribution in [-0.4, -0.2) is 16.5 Å². The average Bonchev–Trinajstić information content (AvgIpc) is 2.81. The average molecular weight is 284 g/mol. The maximum absolute atomic E-state index is 5.86. The maximum atomic E-state index is 5.86. The second kappa shape index (κ2) is 5.09. The number of nitrogens with zero attached hydrogens (tertiary/aromatic N) is 3. The lowest BCUT2D eigenvalue weighted by Gasteiger charge is -2.22. The van der Waals surface area contributed by atoms with Crippen molar-refractivity contribution in [3.63, 3.8) is 0 Å². The van der Waals surface area contributed by atoms with Crippen molar-refractivity contribution in [3.8, 4) is 0 Å². The number of benzene rings is 1. The third-order valence-corrected chi connectivity index (χ3v) is 4.10. The zero-order valence-electron chi connectivity index (χ0n) is 11.5. The zero-order valence-corrected chi connectivity index (χ0v) is 12.3. The lowest BCUT2D eigenvalue weighted by Crippen LogP contribution is -2.18. The molecule has 0 aliphatic carbocycles. The van der Waals surface area contributed by atoms with Gasteiger partial charge in [0.2, 0.25) is 5.95 Å². The predicted molar refractivity (Wildman–Crippen MR) is 85.7 cm³/mol. The first-order valence-electron chi connectivity index (χ1n) is 6.55. The van der Waals surface area contributed by atoms with Crippen LogP contribution < -0.4 is 10.6 Å². The summed E-state index contributed by atoms with van der Waals surface area (Å²) in [7, 11) is 0. The Kier molecular flexibility index (Phi) is 3.28. The molecule has 0 fully saturated rings. The monoisotopic (exact) mass is 284 g/mol. The van der Waals surface area contributed by atoms with Crippen molar-refractivity contribution in [1.82, 2.24) is 9.97 Å². The Balaban J connectivity index is 2.21. The number of aromatic nitrogens is 2. The summed E-state index contributed by atoms with van der Waals surface area (Å²) in [5.74, 6) is 1.20. The predicted octanol–water partition coefficient (Wildman–Crippen LogP) is 3.74. The van der Waals surface area contributed by atoms with Crippen molar-refractivity contribution in [2.45, 2.75) is 13.8 Å². The topological polar surface area (TPSA) is 55.0 Å². The number of para-hydroxylation sites is 1. The van der Waals surface area contributed by atoms with E-state index in [0.29, 0.717) is 5.95 Å². The molecule has 0 aliphatic heterocycles. The fraction of sp³-hybridized carbons (Fsp3) is 0.200. The van der Waals surface area contributed by atoms with E-state index < -0.39 is 0 Å². The van der Waals surface area contributed by atoms with Crippen LogP contribution in [0.5, 0.6) is 0 Å². The van der Waals surface area contributed by atoms with Gasteiger partial charge < -0.3 is 10.6 Å². The van der Waals surface area contributed by atoms with Crippen LogP contribution in [0.1, 0.15) is 11.8 Å². The highest BCUT2D eigenvalue weighted by Gasteiger charge is 2.15. The number of nitrogen functional groups attached to an aromatic ring is 1. The molecule has 0 unspecified atom stereocenters. The van der Waals surface area contributed by atoms with Crippen LogP contribution in [0.3, 0.4) is 0 Å². The molecule has 20 heavy (non-hydrogen) atoms. The minimum atomic E-state index is 0.323. The zero-order chi connectivity index (χ0) is 14.1.